The van der Waals surface area contributed by atoms with Gasteiger partial charge in [-0.25, -0.2) is 0 Å². The van der Waals surface area contributed by atoms with E-state index in [0.29, 0.717) is 5.69 Å². The second kappa shape index (κ2) is 4.80. The zero-order valence-corrected chi connectivity index (χ0v) is 9.47. The molecule has 0 radical (unpaired) electrons. The summed E-state index contributed by atoms with van der Waals surface area (Å²) in [7, 11) is 0. The average molecular weight is 222 g/mol. The van der Waals surface area contributed by atoms with Crippen LogP contribution in [0.5, 0.6) is 0 Å². The number of pyridine rings is 1. The van der Waals surface area contributed by atoms with E-state index in [2.05, 4.69) is 4.98 Å². The molecular weight excluding hydrogens is 204 g/mol. The maximum Gasteiger partial charge on any atom is 0.0852 e. The van der Waals surface area contributed by atoms with Crippen molar-refractivity contribution in [3.05, 3.63) is 24.0 Å². The fourth-order valence-electron chi connectivity index (χ4n) is 2.19. The number of nitrogens with two attached hydrogens (primary N) is 1. The molecule has 2 heterocycles. The lowest BCUT2D eigenvalue weighted by molar-refractivity contribution is -0.119. The van der Waals surface area contributed by atoms with E-state index in [0.717, 1.165) is 24.8 Å². The molecular formula is C12H18N2O2. The number of aliphatic hydroxyl groups is 1. The summed E-state index contributed by atoms with van der Waals surface area (Å²) in [5.41, 5.74) is 7.52. The van der Waals surface area contributed by atoms with Crippen molar-refractivity contribution in [3.8, 4) is 0 Å². The van der Waals surface area contributed by atoms with E-state index in [1.807, 2.05) is 13.0 Å². The van der Waals surface area contributed by atoms with E-state index in [1.165, 1.54) is 0 Å². The first-order valence-corrected chi connectivity index (χ1v) is 5.75. The highest BCUT2D eigenvalue weighted by molar-refractivity contribution is 5.45. The van der Waals surface area contributed by atoms with Gasteiger partial charge < -0.3 is 15.6 Å². The molecule has 88 valence electrons. The molecule has 1 aromatic rings. The molecule has 2 rings (SSSR count). The first kappa shape index (κ1) is 11.4. The zero-order valence-electron chi connectivity index (χ0n) is 9.47. The average Bonchev–Trinajstić information content (AvgIpc) is 2.31. The van der Waals surface area contributed by atoms with E-state index in [1.54, 1.807) is 12.4 Å². The third kappa shape index (κ3) is 2.18. The van der Waals surface area contributed by atoms with Gasteiger partial charge in [-0.1, -0.05) is 6.92 Å². The standard InChI is InChI=1S/C12H18N2O2/c1-2-11-10(15)3-4-12(16-11)8-5-6-14-7-9(8)13/h5-7,10-12,15H,2-4,13H2,1H3. The summed E-state index contributed by atoms with van der Waals surface area (Å²) in [6.45, 7) is 2.02. The van der Waals surface area contributed by atoms with Gasteiger partial charge >= 0.3 is 0 Å². The number of rotatable bonds is 2. The highest BCUT2D eigenvalue weighted by atomic mass is 16.5. The van der Waals surface area contributed by atoms with Crippen LogP contribution in [0.3, 0.4) is 0 Å². The highest BCUT2D eigenvalue weighted by Crippen LogP contribution is 2.34. The van der Waals surface area contributed by atoms with Gasteiger partial charge in [0.05, 0.1) is 30.2 Å². The quantitative estimate of drug-likeness (QED) is 0.798. The van der Waals surface area contributed by atoms with Gasteiger partial charge in [0, 0.05) is 11.8 Å². The van der Waals surface area contributed by atoms with Crippen LogP contribution in [0.15, 0.2) is 18.5 Å². The third-order valence-corrected chi connectivity index (χ3v) is 3.13. The normalized spacial score (nSPS) is 30.2. The number of aliphatic hydroxyl groups excluding tert-OH is 1. The Morgan fingerprint density at radius 1 is 1.56 bits per heavy atom. The number of aromatic nitrogens is 1. The molecule has 1 fully saturated rings. The van der Waals surface area contributed by atoms with Gasteiger partial charge in [-0.2, -0.15) is 0 Å². The first-order valence-electron chi connectivity index (χ1n) is 5.75. The predicted molar refractivity (Wildman–Crippen MR) is 61.8 cm³/mol. The maximum atomic E-state index is 9.73. The Kier molecular flexibility index (Phi) is 3.41. The minimum absolute atomic E-state index is 0.00338. The largest absolute Gasteiger partial charge is 0.397 e. The van der Waals surface area contributed by atoms with Crippen LogP contribution in [0.25, 0.3) is 0 Å². The van der Waals surface area contributed by atoms with E-state index < -0.39 is 0 Å². The minimum atomic E-state index is -0.343. The molecule has 0 aromatic carbocycles. The van der Waals surface area contributed by atoms with Crippen molar-refractivity contribution in [2.45, 2.75) is 44.5 Å². The van der Waals surface area contributed by atoms with Crippen molar-refractivity contribution in [1.29, 1.82) is 0 Å². The molecule has 0 bridgehead atoms. The van der Waals surface area contributed by atoms with Gasteiger partial charge in [-0.3, -0.25) is 4.98 Å². The van der Waals surface area contributed by atoms with Crippen LogP contribution in [0.1, 0.15) is 37.9 Å². The van der Waals surface area contributed by atoms with Crippen LogP contribution >= 0.6 is 0 Å². The molecule has 3 unspecified atom stereocenters. The molecule has 0 aliphatic carbocycles. The Balaban J connectivity index is 2.14. The van der Waals surface area contributed by atoms with Crippen molar-refractivity contribution in [1.82, 2.24) is 4.98 Å². The Morgan fingerprint density at radius 2 is 2.38 bits per heavy atom. The number of ether oxygens (including phenoxy) is 1. The molecule has 1 aromatic heterocycles. The molecule has 3 atom stereocenters. The first-order chi connectivity index (χ1) is 7.72. The predicted octanol–water partition coefficient (Wildman–Crippen LogP) is 1.65. The molecule has 1 aliphatic heterocycles. The summed E-state index contributed by atoms with van der Waals surface area (Å²) in [6.07, 6.45) is 5.34. The van der Waals surface area contributed by atoms with Gasteiger partial charge in [0.1, 0.15) is 0 Å². The lowest BCUT2D eigenvalue weighted by Crippen LogP contribution is -2.35. The molecule has 3 N–H and O–H groups in total. The number of anilines is 1. The molecule has 4 nitrogen and oxygen atoms in total. The smallest absolute Gasteiger partial charge is 0.0852 e. The van der Waals surface area contributed by atoms with E-state index in [-0.39, 0.29) is 18.3 Å². The number of hydrogen-bond donors (Lipinski definition) is 2. The lowest BCUT2D eigenvalue weighted by Gasteiger charge is -2.34. The monoisotopic (exact) mass is 222 g/mol. The molecule has 1 aliphatic rings. The SMILES string of the molecule is CCC1OC(c2ccncc2N)CCC1O. The van der Waals surface area contributed by atoms with Gasteiger partial charge in [0.2, 0.25) is 0 Å². The summed E-state index contributed by atoms with van der Waals surface area (Å²) >= 11 is 0. The topological polar surface area (TPSA) is 68.4 Å². The Labute approximate surface area is 95.4 Å². The van der Waals surface area contributed by atoms with E-state index >= 15 is 0 Å². The summed E-state index contributed by atoms with van der Waals surface area (Å²) in [6, 6.07) is 1.89. The van der Waals surface area contributed by atoms with Crippen molar-refractivity contribution >= 4 is 5.69 Å². The van der Waals surface area contributed by atoms with Gasteiger partial charge in [0.25, 0.3) is 0 Å². The van der Waals surface area contributed by atoms with Crippen molar-refractivity contribution in [2.24, 2.45) is 0 Å². The Bertz CT molecular complexity index is 357. The highest BCUT2D eigenvalue weighted by Gasteiger charge is 2.30. The molecule has 1 saturated heterocycles. The summed E-state index contributed by atoms with van der Waals surface area (Å²) in [4.78, 5) is 3.96. The van der Waals surface area contributed by atoms with Crippen molar-refractivity contribution in [3.63, 3.8) is 0 Å². The van der Waals surface area contributed by atoms with Crippen molar-refractivity contribution < 1.29 is 9.84 Å². The molecule has 0 spiro atoms. The van der Waals surface area contributed by atoms with Gasteiger partial charge in [-0.05, 0) is 25.3 Å². The lowest BCUT2D eigenvalue weighted by atomic mass is 9.95. The number of nitrogens with zero attached hydrogens (tertiary/aromatic N) is 1. The van der Waals surface area contributed by atoms with Crippen LogP contribution < -0.4 is 5.73 Å². The van der Waals surface area contributed by atoms with Crippen LogP contribution in [0.4, 0.5) is 5.69 Å². The van der Waals surface area contributed by atoms with Crippen LogP contribution in [-0.2, 0) is 4.74 Å². The molecule has 16 heavy (non-hydrogen) atoms. The fourth-order valence-corrected chi connectivity index (χ4v) is 2.19. The Morgan fingerprint density at radius 3 is 3.06 bits per heavy atom. The van der Waals surface area contributed by atoms with E-state index in [4.69, 9.17) is 10.5 Å². The Hall–Kier alpha value is -1.13. The number of nitrogen functional groups attached to an aromatic ring is 1. The van der Waals surface area contributed by atoms with E-state index in [9.17, 15) is 5.11 Å². The molecule has 0 saturated carbocycles. The zero-order chi connectivity index (χ0) is 11.5. The summed E-state index contributed by atoms with van der Waals surface area (Å²) in [5.74, 6) is 0. The second-order valence-electron chi connectivity index (χ2n) is 4.22. The minimum Gasteiger partial charge on any atom is -0.397 e. The van der Waals surface area contributed by atoms with Crippen LogP contribution in [-0.4, -0.2) is 22.3 Å². The third-order valence-electron chi connectivity index (χ3n) is 3.13. The molecule has 0 amide bonds. The van der Waals surface area contributed by atoms with Crippen LogP contribution in [0.2, 0.25) is 0 Å². The van der Waals surface area contributed by atoms with Crippen molar-refractivity contribution in [2.75, 3.05) is 5.73 Å². The second-order valence-corrected chi connectivity index (χ2v) is 4.22. The van der Waals surface area contributed by atoms with Gasteiger partial charge in [0.15, 0.2) is 0 Å². The number of hydrogen-bond acceptors (Lipinski definition) is 4. The van der Waals surface area contributed by atoms with Gasteiger partial charge in [-0.15, -0.1) is 0 Å². The summed E-state index contributed by atoms with van der Waals surface area (Å²) < 4.78 is 5.86. The van der Waals surface area contributed by atoms with Crippen LogP contribution in [0, 0.1) is 0 Å². The molecule has 4 heteroatoms. The maximum absolute atomic E-state index is 9.73. The summed E-state index contributed by atoms with van der Waals surface area (Å²) in [5, 5.41) is 9.73. The fraction of sp³-hybridized carbons (Fsp3) is 0.583.